The zero-order valence-corrected chi connectivity index (χ0v) is 13.7. The van der Waals surface area contributed by atoms with E-state index in [0.29, 0.717) is 36.3 Å². The number of anilines is 1. The third-order valence-electron chi connectivity index (χ3n) is 3.71. The second kappa shape index (κ2) is 7.55. The van der Waals surface area contributed by atoms with Gasteiger partial charge < -0.3 is 16.0 Å². The zero-order valence-electron chi connectivity index (χ0n) is 12.1. The maximum absolute atomic E-state index is 12.1. The number of nitrogens with one attached hydrogen (secondary N) is 1. The fourth-order valence-electron chi connectivity index (χ4n) is 2.66. The molecule has 1 heterocycles. The minimum atomic E-state index is -0.391. The quantitative estimate of drug-likeness (QED) is 0.605. The predicted molar refractivity (Wildman–Crippen MR) is 87.8 cm³/mol. The Morgan fingerprint density at radius 1 is 1.55 bits per heavy atom. The minimum absolute atomic E-state index is 0.0325. The molecule has 0 spiro atoms. The highest BCUT2D eigenvalue weighted by molar-refractivity contribution is 9.10. The average molecular weight is 371 g/mol. The maximum atomic E-state index is 12.1. The number of rotatable bonds is 5. The lowest BCUT2D eigenvalue weighted by molar-refractivity contribution is -0.384. The summed E-state index contributed by atoms with van der Waals surface area (Å²) >= 11 is 3.25. The van der Waals surface area contributed by atoms with Gasteiger partial charge in [0.1, 0.15) is 5.69 Å². The van der Waals surface area contributed by atoms with Crippen molar-refractivity contribution in [3.05, 3.63) is 32.8 Å². The molecule has 0 radical (unpaired) electrons. The summed E-state index contributed by atoms with van der Waals surface area (Å²) < 4.78 is 0.664. The smallest absolute Gasteiger partial charge is 0.293 e. The molecule has 1 saturated heterocycles. The van der Waals surface area contributed by atoms with Crippen molar-refractivity contribution in [2.75, 3.05) is 31.1 Å². The van der Waals surface area contributed by atoms with Crippen molar-refractivity contribution < 1.29 is 9.72 Å². The topological polar surface area (TPSA) is 102 Å². The minimum Gasteiger partial charge on any atom is -0.365 e. The summed E-state index contributed by atoms with van der Waals surface area (Å²) in [4.78, 5) is 24.8. The number of amides is 1. The molecule has 1 fully saturated rings. The molecule has 0 aliphatic carbocycles. The van der Waals surface area contributed by atoms with Gasteiger partial charge in [-0.05, 0) is 25.0 Å². The highest BCUT2D eigenvalue weighted by atomic mass is 79.9. The number of benzene rings is 1. The summed E-state index contributed by atoms with van der Waals surface area (Å²) in [5.74, 6) is -0.196. The molecule has 120 valence electrons. The van der Waals surface area contributed by atoms with Crippen molar-refractivity contribution >= 4 is 33.2 Å². The number of carbonyl (C=O) groups excluding carboxylic acids is 1. The molecule has 8 heteroatoms. The van der Waals surface area contributed by atoms with Gasteiger partial charge in [0.25, 0.3) is 5.69 Å². The lowest BCUT2D eigenvalue weighted by Gasteiger charge is -2.33. The van der Waals surface area contributed by atoms with Crippen LogP contribution in [0.3, 0.4) is 0 Å². The molecule has 2 rings (SSSR count). The number of nitrogens with two attached hydrogens (primary N) is 1. The largest absolute Gasteiger partial charge is 0.365 e. The number of nitro groups is 1. The average Bonchev–Trinajstić information content (AvgIpc) is 2.52. The van der Waals surface area contributed by atoms with Crippen LogP contribution in [0.2, 0.25) is 0 Å². The van der Waals surface area contributed by atoms with E-state index in [1.165, 1.54) is 6.07 Å². The van der Waals surface area contributed by atoms with E-state index in [2.05, 4.69) is 21.2 Å². The van der Waals surface area contributed by atoms with Gasteiger partial charge in [0, 0.05) is 36.7 Å². The molecule has 1 atom stereocenters. The van der Waals surface area contributed by atoms with Crippen LogP contribution in [-0.2, 0) is 4.79 Å². The van der Waals surface area contributed by atoms with Crippen LogP contribution in [0.4, 0.5) is 11.4 Å². The van der Waals surface area contributed by atoms with Crippen molar-refractivity contribution in [1.29, 1.82) is 0 Å². The van der Waals surface area contributed by atoms with Crippen molar-refractivity contribution in [2.45, 2.75) is 12.8 Å². The van der Waals surface area contributed by atoms with Crippen molar-refractivity contribution in [1.82, 2.24) is 5.32 Å². The van der Waals surface area contributed by atoms with Crippen LogP contribution >= 0.6 is 15.9 Å². The van der Waals surface area contributed by atoms with E-state index in [1.54, 1.807) is 12.1 Å². The van der Waals surface area contributed by atoms with Crippen LogP contribution in [-0.4, -0.2) is 37.0 Å². The van der Waals surface area contributed by atoms with Gasteiger partial charge in [0.15, 0.2) is 0 Å². The van der Waals surface area contributed by atoms with E-state index in [1.807, 2.05) is 4.90 Å². The normalized spacial score (nSPS) is 18.1. The number of hydrogen-bond donors (Lipinski definition) is 2. The van der Waals surface area contributed by atoms with Crippen molar-refractivity contribution in [2.24, 2.45) is 11.7 Å². The molecule has 1 amide bonds. The molecule has 3 N–H and O–H groups in total. The lowest BCUT2D eigenvalue weighted by Crippen LogP contribution is -2.44. The molecular formula is C14H19BrN4O3. The zero-order chi connectivity index (χ0) is 16.1. The van der Waals surface area contributed by atoms with Crippen molar-refractivity contribution in [3.63, 3.8) is 0 Å². The Morgan fingerprint density at radius 3 is 3.00 bits per heavy atom. The highest BCUT2D eigenvalue weighted by Crippen LogP contribution is 2.33. The van der Waals surface area contributed by atoms with Crippen LogP contribution in [0.1, 0.15) is 12.8 Å². The number of carbonyl (C=O) groups is 1. The molecule has 0 aromatic heterocycles. The van der Waals surface area contributed by atoms with Crippen LogP contribution in [0.15, 0.2) is 22.7 Å². The van der Waals surface area contributed by atoms with E-state index in [0.717, 1.165) is 12.8 Å². The van der Waals surface area contributed by atoms with Crippen molar-refractivity contribution in [3.8, 4) is 0 Å². The second-order valence-corrected chi connectivity index (χ2v) is 6.17. The van der Waals surface area contributed by atoms with E-state index in [4.69, 9.17) is 5.73 Å². The Hall–Kier alpha value is -1.67. The van der Waals surface area contributed by atoms with E-state index in [9.17, 15) is 14.9 Å². The number of nitro benzene ring substituents is 1. The summed E-state index contributed by atoms with van der Waals surface area (Å²) in [6.45, 7) is 2.05. The van der Waals surface area contributed by atoms with Gasteiger partial charge in [-0.3, -0.25) is 14.9 Å². The number of piperidine rings is 1. The van der Waals surface area contributed by atoms with Gasteiger partial charge in [-0.15, -0.1) is 0 Å². The summed E-state index contributed by atoms with van der Waals surface area (Å²) in [5.41, 5.74) is 6.00. The summed E-state index contributed by atoms with van der Waals surface area (Å²) in [6, 6.07) is 5.00. The van der Waals surface area contributed by atoms with Crippen LogP contribution < -0.4 is 16.0 Å². The molecule has 0 bridgehead atoms. The first-order chi connectivity index (χ1) is 10.5. The Bertz CT molecular complexity index is 567. The second-order valence-electron chi connectivity index (χ2n) is 5.26. The summed E-state index contributed by atoms with van der Waals surface area (Å²) in [7, 11) is 0. The number of nitrogens with zero attached hydrogens (tertiary/aromatic N) is 2. The van der Waals surface area contributed by atoms with Gasteiger partial charge >= 0.3 is 0 Å². The first kappa shape index (κ1) is 16.7. The van der Waals surface area contributed by atoms with Gasteiger partial charge in [0.2, 0.25) is 5.91 Å². The maximum Gasteiger partial charge on any atom is 0.293 e. The van der Waals surface area contributed by atoms with Crippen LogP contribution in [0.5, 0.6) is 0 Å². The van der Waals surface area contributed by atoms with Gasteiger partial charge in [0.05, 0.1) is 10.8 Å². The Morgan fingerprint density at radius 2 is 2.32 bits per heavy atom. The predicted octanol–water partition coefficient (Wildman–Crippen LogP) is 1.65. The highest BCUT2D eigenvalue weighted by Gasteiger charge is 2.29. The first-order valence-corrected chi connectivity index (χ1v) is 7.99. The van der Waals surface area contributed by atoms with E-state index < -0.39 is 4.92 Å². The SMILES string of the molecule is NCCNC(=O)C1CCCN(c2ccc(Br)cc2[N+](=O)[O-])C1. The molecule has 1 aliphatic rings. The van der Waals surface area contributed by atoms with E-state index in [-0.39, 0.29) is 17.5 Å². The van der Waals surface area contributed by atoms with E-state index >= 15 is 0 Å². The third-order valence-corrected chi connectivity index (χ3v) is 4.20. The lowest BCUT2D eigenvalue weighted by atomic mass is 9.96. The molecule has 7 nitrogen and oxygen atoms in total. The fourth-order valence-corrected chi connectivity index (χ4v) is 3.01. The fraction of sp³-hybridized carbons (Fsp3) is 0.500. The molecule has 1 aromatic rings. The monoisotopic (exact) mass is 370 g/mol. The number of halogens is 1. The Balaban J connectivity index is 2.16. The van der Waals surface area contributed by atoms with Gasteiger partial charge in [-0.1, -0.05) is 15.9 Å². The molecule has 22 heavy (non-hydrogen) atoms. The Kier molecular flexibility index (Phi) is 5.73. The molecule has 1 aromatic carbocycles. The van der Waals surface area contributed by atoms with Gasteiger partial charge in [-0.25, -0.2) is 0 Å². The van der Waals surface area contributed by atoms with Crippen LogP contribution in [0, 0.1) is 16.0 Å². The molecule has 1 aliphatic heterocycles. The Labute approximate surface area is 137 Å². The number of hydrogen-bond acceptors (Lipinski definition) is 5. The van der Waals surface area contributed by atoms with Crippen LogP contribution in [0.25, 0.3) is 0 Å². The molecular weight excluding hydrogens is 352 g/mol. The molecule has 1 unspecified atom stereocenters. The summed E-state index contributed by atoms with van der Waals surface area (Å²) in [5, 5.41) is 14.0. The third kappa shape index (κ3) is 3.95. The summed E-state index contributed by atoms with van der Waals surface area (Å²) in [6.07, 6.45) is 1.62. The molecule has 0 saturated carbocycles. The first-order valence-electron chi connectivity index (χ1n) is 7.19. The van der Waals surface area contributed by atoms with Gasteiger partial charge in [-0.2, -0.15) is 0 Å². The standard InChI is InChI=1S/C14H19BrN4O3/c15-11-3-4-12(13(8-11)19(21)22)18-7-1-2-10(9-18)14(20)17-6-5-16/h3-4,8,10H,1-2,5-7,9,16H2,(H,17,20).